The zero-order valence-corrected chi connectivity index (χ0v) is 13.4. The van der Waals surface area contributed by atoms with Gasteiger partial charge in [0.25, 0.3) is 0 Å². The summed E-state index contributed by atoms with van der Waals surface area (Å²) in [5.41, 5.74) is 1.80. The van der Waals surface area contributed by atoms with Gasteiger partial charge in [-0.3, -0.25) is 0 Å². The molecule has 2 rings (SSSR count). The summed E-state index contributed by atoms with van der Waals surface area (Å²) in [5, 5.41) is 19.7. The lowest BCUT2D eigenvalue weighted by atomic mass is 10.0. The van der Waals surface area contributed by atoms with Crippen molar-refractivity contribution in [2.24, 2.45) is 0 Å². The number of halogens is 2. The number of aromatic hydroxyl groups is 1. The van der Waals surface area contributed by atoms with Crippen LogP contribution in [0, 0.1) is 11.3 Å². The number of benzene rings is 2. The van der Waals surface area contributed by atoms with Crippen molar-refractivity contribution in [2.75, 3.05) is 7.11 Å². The van der Waals surface area contributed by atoms with E-state index in [9.17, 15) is 10.4 Å². The molecule has 0 heterocycles. The number of ether oxygens (including phenoxy) is 1. The number of nitriles is 1. The molecule has 5 heteroatoms. The highest BCUT2D eigenvalue weighted by atomic mass is 79.9. The Labute approximate surface area is 136 Å². The predicted octanol–water partition coefficient (Wildman–Crippen LogP) is 4.88. The van der Waals surface area contributed by atoms with E-state index in [1.165, 1.54) is 7.11 Å². The van der Waals surface area contributed by atoms with Gasteiger partial charge in [-0.25, -0.2) is 0 Å². The lowest BCUT2D eigenvalue weighted by Crippen LogP contribution is -1.87. The van der Waals surface area contributed by atoms with E-state index in [0.29, 0.717) is 31.9 Å². The van der Waals surface area contributed by atoms with E-state index in [2.05, 4.69) is 22.0 Å². The van der Waals surface area contributed by atoms with Crippen molar-refractivity contribution in [3.8, 4) is 17.6 Å². The molecule has 0 atom stereocenters. The molecular formula is C16H11BrClNO2. The normalized spacial score (nSPS) is 11.0. The van der Waals surface area contributed by atoms with Crippen molar-refractivity contribution in [2.45, 2.75) is 0 Å². The molecule has 21 heavy (non-hydrogen) atoms. The fourth-order valence-electron chi connectivity index (χ4n) is 1.85. The van der Waals surface area contributed by atoms with Crippen molar-refractivity contribution in [1.82, 2.24) is 0 Å². The maximum atomic E-state index is 9.80. The molecule has 0 aromatic heterocycles. The van der Waals surface area contributed by atoms with E-state index in [4.69, 9.17) is 16.3 Å². The van der Waals surface area contributed by atoms with E-state index in [-0.39, 0.29) is 5.75 Å². The van der Waals surface area contributed by atoms with Gasteiger partial charge in [0.1, 0.15) is 0 Å². The van der Waals surface area contributed by atoms with Gasteiger partial charge in [-0.15, -0.1) is 0 Å². The number of hydrogen-bond acceptors (Lipinski definition) is 3. The Balaban J connectivity index is 2.54. The second kappa shape index (κ2) is 6.66. The Morgan fingerprint density at radius 1 is 1.38 bits per heavy atom. The summed E-state index contributed by atoms with van der Waals surface area (Å²) in [6, 6.07) is 12.6. The number of phenols is 1. The van der Waals surface area contributed by atoms with Crippen LogP contribution in [0.5, 0.6) is 11.5 Å². The van der Waals surface area contributed by atoms with Crippen molar-refractivity contribution in [1.29, 1.82) is 5.26 Å². The number of nitrogens with zero attached hydrogens (tertiary/aromatic N) is 1. The van der Waals surface area contributed by atoms with Crippen LogP contribution in [0.15, 0.2) is 40.9 Å². The maximum absolute atomic E-state index is 9.80. The molecule has 0 spiro atoms. The van der Waals surface area contributed by atoms with Crippen LogP contribution in [0.25, 0.3) is 11.6 Å². The van der Waals surface area contributed by atoms with Gasteiger partial charge < -0.3 is 9.84 Å². The number of hydrogen-bond donors (Lipinski definition) is 1. The second-order valence-electron chi connectivity index (χ2n) is 4.20. The third-order valence-corrected chi connectivity index (χ3v) is 3.80. The first kappa shape index (κ1) is 15.4. The fourth-order valence-corrected chi connectivity index (χ4v) is 2.55. The minimum absolute atomic E-state index is 0.0194. The van der Waals surface area contributed by atoms with Gasteiger partial charge in [0.15, 0.2) is 11.5 Å². The molecule has 3 nitrogen and oxygen atoms in total. The summed E-state index contributed by atoms with van der Waals surface area (Å²) >= 11 is 9.37. The Kier molecular flexibility index (Phi) is 4.89. The Bertz CT molecular complexity index is 750. The van der Waals surface area contributed by atoms with Crippen LogP contribution >= 0.6 is 27.5 Å². The largest absolute Gasteiger partial charge is 0.503 e. The SMILES string of the molecule is COc1cc(C=C(C#N)c2ccccc2Cl)cc(Br)c1O. The molecule has 2 aromatic rings. The molecule has 106 valence electrons. The quantitative estimate of drug-likeness (QED) is 0.624. The van der Waals surface area contributed by atoms with Crippen LogP contribution in [-0.4, -0.2) is 12.2 Å². The average Bonchev–Trinajstić information content (AvgIpc) is 2.49. The number of rotatable bonds is 3. The smallest absolute Gasteiger partial charge is 0.172 e. The first-order chi connectivity index (χ1) is 10.1. The van der Waals surface area contributed by atoms with Gasteiger partial charge in [-0.2, -0.15) is 5.26 Å². The van der Waals surface area contributed by atoms with Crippen LogP contribution in [0.1, 0.15) is 11.1 Å². The van der Waals surface area contributed by atoms with E-state index in [1.807, 2.05) is 6.07 Å². The standard InChI is InChI=1S/C16H11BrClNO2/c1-21-15-8-10(7-13(17)16(15)20)6-11(9-19)12-4-2-3-5-14(12)18/h2-8,20H,1H3. The summed E-state index contributed by atoms with van der Waals surface area (Å²) in [6.45, 7) is 0. The van der Waals surface area contributed by atoms with Crippen LogP contribution < -0.4 is 4.74 Å². The van der Waals surface area contributed by atoms with Crippen molar-refractivity contribution in [3.63, 3.8) is 0 Å². The molecule has 0 aliphatic carbocycles. The highest BCUT2D eigenvalue weighted by molar-refractivity contribution is 9.10. The monoisotopic (exact) mass is 363 g/mol. The molecule has 0 bridgehead atoms. The Hall–Kier alpha value is -1.96. The molecule has 0 saturated heterocycles. The summed E-state index contributed by atoms with van der Waals surface area (Å²) in [6.07, 6.45) is 1.69. The first-order valence-electron chi connectivity index (χ1n) is 6.00. The Morgan fingerprint density at radius 3 is 2.71 bits per heavy atom. The van der Waals surface area contributed by atoms with E-state index in [0.717, 1.165) is 0 Å². The van der Waals surface area contributed by atoms with E-state index >= 15 is 0 Å². The molecule has 0 radical (unpaired) electrons. The van der Waals surface area contributed by atoms with Gasteiger partial charge >= 0.3 is 0 Å². The summed E-state index contributed by atoms with van der Waals surface area (Å²) in [7, 11) is 1.47. The molecule has 0 amide bonds. The highest BCUT2D eigenvalue weighted by Gasteiger charge is 2.10. The van der Waals surface area contributed by atoms with Crippen molar-refractivity contribution in [3.05, 3.63) is 57.0 Å². The lowest BCUT2D eigenvalue weighted by molar-refractivity contribution is 0.372. The van der Waals surface area contributed by atoms with Gasteiger partial charge in [-0.1, -0.05) is 29.8 Å². The molecular weight excluding hydrogens is 354 g/mol. The average molecular weight is 365 g/mol. The van der Waals surface area contributed by atoms with Crippen molar-refractivity contribution < 1.29 is 9.84 Å². The molecule has 0 aliphatic heterocycles. The summed E-state index contributed by atoms with van der Waals surface area (Å²) in [4.78, 5) is 0. The molecule has 2 aromatic carbocycles. The van der Waals surface area contributed by atoms with Gasteiger partial charge in [0.05, 0.1) is 23.2 Å². The zero-order valence-electron chi connectivity index (χ0n) is 11.1. The zero-order chi connectivity index (χ0) is 15.4. The molecule has 0 unspecified atom stereocenters. The first-order valence-corrected chi connectivity index (χ1v) is 7.17. The van der Waals surface area contributed by atoms with Crippen LogP contribution in [0.3, 0.4) is 0 Å². The van der Waals surface area contributed by atoms with Crippen molar-refractivity contribution >= 4 is 39.2 Å². The maximum Gasteiger partial charge on any atom is 0.172 e. The van der Waals surface area contributed by atoms with E-state index in [1.54, 1.807) is 36.4 Å². The molecule has 1 N–H and O–H groups in total. The topological polar surface area (TPSA) is 53.2 Å². The fraction of sp³-hybridized carbons (Fsp3) is 0.0625. The number of allylic oxidation sites excluding steroid dienone is 1. The lowest BCUT2D eigenvalue weighted by Gasteiger charge is -2.07. The highest BCUT2D eigenvalue weighted by Crippen LogP contribution is 2.36. The van der Waals surface area contributed by atoms with Crippen LogP contribution in [0.4, 0.5) is 0 Å². The molecule has 0 aliphatic rings. The number of phenolic OH excluding ortho intramolecular Hbond substituents is 1. The van der Waals surface area contributed by atoms with Crippen LogP contribution in [-0.2, 0) is 0 Å². The number of methoxy groups -OCH3 is 1. The summed E-state index contributed by atoms with van der Waals surface area (Å²) < 4.78 is 5.58. The molecule has 0 saturated carbocycles. The Morgan fingerprint density at radius 2 is 2.10 bits per heavy atom. The van der Waals surface area contributed by atoms with Gasteiger partial charge in [0, 0.05) is 10.6 Å². The summed E-state index contributed by atoms with van der Waals surface area (Å²) in [5.74, 6) is 0.345. The molecule has 0 fully saturated rings. The van der Waals surface area contributed by atoms with Gasteiger partial charge in [-0.05, 0) is 45.8 Å². The predicted molar refractivity (Wildman–Crippen MR) is 87.3 cm³/mol. The van der Waals surface area contributed by atoms with Gasteiger partial charge in [0.2, 0.25) is 0 Å². The third kappa shape index (κ3) is 3.38. The van der Waals surface area contributed by atoms with Crippen LogP contribution in [0.2, 0.25) is 5.02 Å². The minimum atomic E-state index is 0.0194. The second-order valence-corrected chi connectivity index (χ2v) is 5.46. The minimum Gasteiger partial charge on any atom is -0.503 e. The third-order valence-electron chi connectivity index (χ3n) is 2.87. The van der Waals surface area contributed by atoms with E-state index < -0.39 is 0 Å².